The molecule has 0 aromatic heterocycles. The molecule has 5 nitrogen and oxygen atoms in total. The minimum absolute atomic E-state index is 0.0204. The van der Waals surface area contributed by atoms with Gasteiger partial charge >= 0.3 is 5.97 Å². The van der Waals surface area contributed by atoms with Gasteiger partial charge in [0, 0.05) is 6.54 Å². The predicted molar refractivity (Wildman–Crippen MR) is 47.4 cm³/mol. The average molecular weight is 191 g/mol. The van der Waals surface area contributed by atoms with Crippen LogP contribution in [0.1, 0.15) is 6.92 Å². The van der Waals surface area contributed by atoms with Gasteiger partial charge in [-0.1, -0.05) is 0 Å². The maximum absolute atomic E-state index is 10.9. The van der Waals surface area contributed by atoms with Crippen LogP contribution in [-0.2, 0) is 14.3 Å². The first-order chi connectivity index (χ1) is 6.22. The van der Waals surface area contributed by atoms with Crippen LogP contribution >= 0.6 is 0 Å². The Morgan fingerprint density at radius 2 is 2.23 bits per heavy atom. The normalized spacial score (nSPS) is 12.5. The van der Waals surface area contributed by atoms with E-state index >= 15 is 0 Å². The largest absolute Gasteiger partial charge is 0.468 e. The van der Waals surface area contributed by atoms with E-state index in [-0.39, 0.29) is 18.6 Å². The van der Waals surface area contributed by atoms with Gasteiger partial charge in [0.2, 0.25) is 0 Å². The molecule has 0 fully saturated rings. The van der Waals surface area contributed by atoms with Gasteiger partial charge in [0.15, 0.2) is 0 Å². The van der Waals surface area contributed by atoms with Crippen molar-refractivity contribution < 1.29 is 19.4 Å². The van der Waals surface area contributed by atoms with Crippen LogP contribution < -0.4 is 5.32 Å². The van der Waals surface area contributed by atoms with Crippen molar-refractivity contribution in [2.75, 3.05) is 33.5 Å². The van der Waals surface area contributed by atoms with Crippen molar-refractivity contribution in [2.24, 2.45) is 0 Å². The van der Waals surface area contributed by atoms with Crippen LogP contribution in [0.3, 0.4) is 0 Å². The van der Waals surface area contributed by atoms with E-state index in [1.165, 1.54) is 7.11 Å². The molecule has 0 rings (SSSR count). The molecule has 13 heavy (non-hydrogen) atoms. The van der Waals surface area contributed by atoms with Crippen LogP contribution in [0.2, 0.25) is 0 Å². The van der Waals surface area contributed by atoms with Gasteiger partial charge < -0.3 is 19.9 Å². The van der Waals surface area contributed by atoms with Crippen molar-refractivity contribution in [1.82, 2.24) is 5.32 Å². The molecule has 1 atom stereocenters. The molecule has 0 amide bonds. The molecule has 0 radical (unpaired) electrons. The second kappa shape index (κ2) is 7.97. The number of carbonyl (C=O) groups is 1. The van der Waals surface area contributed by atoms with Gasteiger partial charge in [-0.05, 0) is 6.92 Å². The van der Waals surface area contributed by atoms with E-state index in [0.717, 1.165) is 0 Å². The Kier molecular flexibility index (Phi) is 7.57. The molecule has 1 unspecified atom stereocenters. The lowest BCUT2D eigenvalue weighted by molar-refractivity contribution is -0.142. The second-order valence-corrected chi connectivity index (χ2v) is 2.53. The average Bonchev–Trinajstić information content (AvgIpc) is 2.16. The third-order valence-electron chi connectivity index (χ3n) is 1.49. The first kappa shape index (κ1) is 12.3. The zero-order valence-electron chi connectivity index (χ0n) is 8.08. The number of hydrogen-bond donors (Lipinski definition) is 2. The van der Waals surface area contributed by atoms with Crippen LogP contribution in [-0.4, -0.2) is 50.6 Å². The molecule has 0 aliphatic heterocycles. The van der Waals surface area contributed by atoms with Gasteiger partial charge in [0.1, 0.15) is 6.04 Å². The molecule has 0 aliphatic rings. The number of rotatable bonds is 7. The van der Waals surface area contributed by atoms with Gasteiger partial charge in [-0.2, -0.15) is 0 Å². The van der Waals surface area contributed by atoms with Crippen molar-refractivity contribution in [3.63, 3.8) is 0 Å². The number of ether oxygens (including phenoxy) is 2. The summed E-state index contributed by atoms with van der Waals surface area (Å²) in [6.45, 7) is 3.11. The first-order valence-electron chi connectivity index (χ1n) is 4.22. The number of nitrogens with one attached hydrogen (secondary N) is 1. The van der Waals surface area contributed by atoms with Crippen LogP contribution in [0, 0.1) is 0 Å². The molecule has 78 valence electrons. The minimum atomic E-state index is -0.317. The fourth-order valence-corrected chi connectivity index (χ4v) is 0.774. The van der Waals surface area contributed by atoms with E-state index in [1.807, 2.05) is 0 Å². The van der Waals surface area contributed by atoms with Crippen molar-refractivity contribution in [1.29, 1.82) is 0 Å². The summed E-state index contributed by atoms with van der Waals surface area (Å²) in [6.07, 6.45) is 0. The summed E-state index contributed by atoms with van der Waals surface area (Å²) in [5.74, 6) is -0.290. The highest BCUT2D eigenvalue weighted by atomic mass is 16.5. The number of hydrogen-bond acceptors (Lipinski definition) is 5. The highest BCUT2D eigenvalue weighted by Crippen LogP contribution is 1.84. The quantitative estimate of drug-likeness (QED) is 0.405. The summed E-state index contributed by atoms with van der Waals surface area (Å²) in [6, 6.07) is -0.317. The third-order valence-corrected chi connectivity index (χ3v) is 1.49. The SMILES string of the molecule is COC(=O)C(C)NCCOCCO. The van der Waals surface area contributed by atoms with Gasteiger partial charge in [0.05, 0.1) is 26.9 Å². The molecule has 0 heterocycles. The van der Waals surface area contributed by atoms with Gasteiger partial charge in [-0.3, -0.25) is 4.79 Å². The van der Waals surface area contributed by atoms with Crippen molar-refractivity contribution in [2.45, 2.75) is 13.0 Å². The zero-order valence-corrected chi connectivity index (χ0v) is 8.08. The van der Waals surface area contributed by atoms with E-state index in [0.29, 0.717) is 19.8 Å². The summed E-state index contributed by atoms with van der Waals surface area (Å²) in [5, 5.41) is 11.3. The summed E-state index contributed by atoms with van der Waals surface area (Å²) in [7, 11) is 1.35. The number of aliphatic hydroxyl groups is 1. The lowest BCUT2D eigenvalue weighted by atomic mass is 10.3. The van der Waals surface area contributed by atoms with Crippen LogP contribution in [0.5, 0.6) is 0 Å². The van der Waals surface area contributed by atoms with Crippen molar-refractivity contribution in [3.05, 3.63) is 0 Å². The molecule has 5 heteroatoms. The van der Waals surface area contributed by atoms with Gasteiger partial charge in [0.25, 0.3) is 0 Å². The monoisotopic (exact) mass is 191 g/mol. The third kappa shape index (κ3) is 6.51. The fraction of sp³-hybridized carbons (Fsp3) is 0.875. The van der Waals surface area contributed by atoms with Gasteiger partial charge in [-0.15, -0.1) is 0 Å². The molecule has 0 bridgehead atoms. The smallest absolute Gasteiger partial charge is 0.322 e. The van der Waals surface area contributed by atoms with Crippen molar-refractivity contribution >= 4 is 5.97 Å². The molecule has 0 aromatic rings. The highest BCUT2D eigenvalue weighted by molar-refractivity contribution is 5.74. The topological polar surface area (TPSA) is 67.8 Å². The summed E-state index contributed by atoms with van der Waals surface area (Å²) < 4.78 is 9.49. The standard InChI is InChI=1S/C8H17NO4/c1-7(8(11)12-2)9-3-5-13-6-4-10/h7,9-10H,3-6H2,1-2H3. The zero-order chi connectivity index (χ0) is 10.1. The Balaban J connectivity index is 3.26. The maximum Gasteiger partial charge on any atom is 0.322 e. The Hall–Kier alpha value is -0.650. The number of esters is 1. The van der Waals surface area contributed by atoms with Crippen LogP contribution in [0.4, 0.5) is 0 Å². The Bertz CT molecular complexity index is 140. The molecule has 0 aliphatic carbocycles. The molecule has 2 N–H and O–H groups in total. The van der Waals surface area contributed by atoms with E-state index < -0.39 is 0 Å². The molecule has 0 saturated carbocycles. The van der Waals surface area contributed by atoms with Crippen molar-refractivity contribution in [3.8, 4) is 0 Å². The number of aliphatic hydroxyl groups excluding tert-OH is 1. The fourth-order valence-electron chi connectivity index (χ4n) is 0.774. The van der Waals surface area contributed by atoms with E-state index in [4.69, 9.17) is 9.84 Å². The first-order valence-corrected chi connectivity index (χ1v) is 4.22. The van der Waals surface area contributed by atoms with Crippen LogP contribution in [0.15, 0.2) is 0 Å². The Morgan fingerprint density at radius 3 is 2.77 bits per heavy atom. The lowest BCUT2D eigenvalue weighted by Crippen LogP contribution is -2.36. The molecule has 0 aromatic carbocycles. The maximum atomic E-state index is 10.9. The summed E-state index contributed by atoms with van der Waals surface area (Å²) in [5.41, 5.74) is 0. The Labute approximate surface area is 78.0 Å². The van der Waals surface area contributed by atoms with E-state index in [1.54, 1.807) is 6.92 Å². The minimum Gasteiger partial charge on any atom is -0.468 e. The van der Waals surface area contributed by atoms with E-state index in [9.17, 15) is 4.79 Å². The highest BCUT2D eigenvalue weighted by Gasteiger charge is 2.10. The molecule has 0 spiro atoms. The predicted octanol–water partition coefficient (Wildman–Crippen LogP) is -0.854. The summed E-state index contributed by atoms with van der Waals surface area (Å²) >= 11 is 0. The Morgan fingerprint density at radius 1 is 1.54 bits per heavy atom. The number of carbonyl (C=O) groups excluding carboxylic acids is 1. The second-order valence-electron chi connectivity index (χ2n) is 2.53. The molecular weight excluding hydrogens is 174 g/mol. The molecular formula is C8H17NO4. The number of methoxy groups -OCH3 is 1. The van der Waals surface area contributed by atoms with E-state index in [2.05, 4.69) is 10.1 Å². The summed E-state index contributed by atoms with van der Waals surface area (Å²) in [4.78, 5) is 10.9. The lowest BCUT2D eigenvalue weighted by Gasteiger charge is -2.10. The van der Waals surface area contributed by atoms with Gasteiger partial charge in [-0.25, -0.2) is 0 Å². The molecule has 0 saturated heterocycles. The van der Waals surface area contributed by atoms with Crippen LogP contribution in [0.25, 0.3) is 0 Å².